The second-order valence-electron chi connectivity index (χ2n) is 4.05. The van der Waals surface area contributed by atoms with Gasteiger partial charge in [0.2, 0.25) is 0 Å². The third-order valence-electron chi connectivity index (χ3n) is 2.73. The number of hydrogen-bond acceptors (Lipinski definition) is 5. The molecule has 0 aliphatic rings. The highest BCUT2D eigenvalue weighted by atomic mass is 16.3. The van der Waals surface area contributed by atoms with Gasteiger partial charge in [-0.15, -0.1) is 0 Å². The van der Waals surface area contributed by atoms with Crippen LogP contribution in [0.15, 0.2) is 36.9 Å². The van der Waals surface area contributed by atoms with Gasteiger partial charge < -0.3 is 10.0 Å². The van der Waals surface area contributed by atoms with E-state index >= 15 is 0 Å². The smallest absolute Gasteiger partial charge is 0.146 e. The van der Waals surface area contributed by atoms with Gasteiger partial charge in [-0.25, -0.2) is 4.98 Å². The molecule has 0 unspecified atom stereocenters. The summed E-state index contributed by atoms with van der Waals surface area (Å²) in [4.78, 5) is 14.4. The Morgan fingerprint density at radius 2 is 1.94 bits per heavy atom. The van der Waals surface area contributed by atoms with Crippen LogP contribution in [0.1, 0.15) is 11.3 Å². The molecule has 0 radical (unpaired) electrons. The maximum Gasteiger partial charge on any atom is 0.146 e. The second kappa shape index (κ2) is 6.07. The lowest BCUT2D eigenvalue weighted by atomic mass is 10.2. The van der Waals surface area contributed by atoms with E-state index < -0.39 is 0 Å². The normalized spacial score (nSPS) is 10.3. The van der Waals surface area contributed by atoms with E-state index in [9.17, 15) is 0 Å². The van der Waals surface area contributed by atoms with Gasteiger partial charge in [-0.2, -0.15) is 0 Å². The van der Waals surface area contributed by atoms with Gasteiger partial charge >= 0.3 is 0 Å². The summed E-state index contributed by atoms with van der Waals surface area (Å²) in [6.07, 6.45) is 7.80. The lowest BCUT2D eigenvalue weighted by Gasteiger charge is -2.17. The summed E-state index contributed by atoms with van der Waals surface area (Å²) < 4.78 is 0. The van der Waals surface area contributed by atoms with E-state index in [1.165, 1.54) is 5.56 Å². The van der Waals surface area contributed by atoms with Gasteiger partial charge in [0.25, 0.3) is 0 Å². The van der Waals surface area contributed by atoms with Gasteiger partial charge in [0, 0.05) is 26.0 Å². The van der Waals surface area contributed by atoms with Crippen molar-refractivity contribution in [2.24, 2.45) is 0 Å². The molecule has 2 heterocycles. The zero-order valence-electron chi connectivity index (χ0n) is 10.3. The van der Waals surface area contributed by atoms with E-state index in [4.69, 9.17) is 5.11 Å². The SMILES string of the molecule is CN(CCc1ccncc1)c1cnc(CO)cn1. The summed E-state index contributed by atoms with van der Waals surface area (Å²) in [7, 11) is 1.98. The molecule has 5 nitrogen and oxygen atoms in total. The highest BCUT2D eigenvalue weighted by Crippen LogP contribution is 2.08. The van der Waals surface area contributed by atoms with Crippen LogP contribution in [0.2, 0.25) is 0 Å². The van der Waals surface area contributed by atoms with Gasteiger partial charge in [-0.05, 0) is 24.1 Å². The molecule has 0 atom stereocenters. The Labute approximate surface area is 106 Å². The van der Waals surface area contributed by atoms with Gasteiger partial charge in [0.05, 0.1) is 24.7 Å². The van der Waals surface area contributed by atoms with Crippen molar-refractivity contribution in [2.75, 3.05) is 18.5 Å². The minimum Gasteiger partial charge on any atom is -0.390 e. The standard InChI is InChI=1S/C13H16N4O/c1-17(7-4-11-2-5-14-6-3-11)13-9-15-12(10-18)8-16-13/h2-3,5-6,8-9,18H,4,7,10H2,1H3. The maximum absolute atomic E-state index is 8.90. The Balaban J connectivity index is 1.93. The van der Waals surface area contributed by atoms with E-state index in [0.29, 0.717) is 5.69 Å². The molecule has 0 saturated carbocycles. The molecule has 94 valence electrons. The van der Waals surface area contributed by atoms with Crippen molar-refractivity contribution in [1.82, 2.24) is 15.0 Å². The molecule has 5 heteroatoms. The zero-order chi connectivity index (χ0) is 12.8. The van der Waals surface area contributed by atoms with Crippen molar-refractivity contribution in [1.29, 1.82) is 0 Å². The number of pyridine rings is 1. The summed E-state index contributed by atoms with van der Waals surface area (Å²) in [5, 5.41) is 8.90. The Morgan fingerprint density at radius 1 is 1.17 bits per heavy atom. The first-order valence-electron chi connectivity index (χ1n) is 5.81. The van der Waals surface area contributed by atoms with Crippen LogP contribution in [0.4, 0.5) is 5.82 Å². The van der Waals surface area contributed by atoms with Crippen LogP contribution in [0.5, 0.6) is 0 Å². The fourth-order valence-electron chi connectivity index (χ4n) is 1.59. The van der Waals surface area contributed by atoms with Crippen molar-refractivity contribution in [3.05, 3.63) is 48.2 Å². The zero-order valence-corrected chi connectivity index (χ0v) is 10.3. The Hall–Kier alpha value is -2.01. The van der Waals surface area contributed by atoms with Crippen LogP contribution in [-0.2, 0) is 13.0 Å². The molecule has 2 aromatic heterocycles. The average Bonchev–Trinajstić information content (AvgIpc) is 2.46. The maximum atomic E-state index is 8.90. The van der Waals surface area contributed by atoms with E-state index in [1.54, 1.807) is 24.8 Å². The van der Waals surface area contributed by atoms with Gasteiger partial charge in [-0.3, -0.25) is 9.97 Å². The summed E-state index contributed by atoms with van der Waals surface area (Å²) >= 11 is 0. The molecule has 1 N–H and O–H groups in total. The Morgan fingerprint density at radius 3 is 2.56 bits per heavy atom. The van der Waals surface area contributed by atoms with Crippen molar-refractivity contribution >= 4 is 5.82 Å². The summed E-state index contributed by atoms with van der Waals surface area (Å²) in [6.45, 7) is 0.783. The first kappa shape index (κ1) is 12.4. The molecule has 0 fully saturated rings. The fraction of sp³-hybridized carbons (Fsp3) is 0.308. The number of hydrogen-bond donors (Lipinski definition) is 1. The number of nitrogens with zero attached hydrogens (tertiary/aromatic N) is 4. The minimum absolute atomic E-state index is 0.0754. The van der Waals surface area contributed by atoms with Crippen molar-refractivity contribution in [3.63, 3.8) is 0 Å². The molecular weight excluding hydrogens is 228 g/mol. The molecular formula is C13H16N4O. The summed E-state index contributed by atoms with van der Waals surface area (Å²) in [5.41, 5.74) is 1.83. The molecule has 0 aliphatic carbocycles. The predicted molar refractivity (Wildman–Crippen MR) is 69.2 cm³/mol. The molecule has 0 saturated heterocycles. The molecule has 0 aliphatic heterocycles. The molecule has 18 heavy (non-hydrogen) atoms. The number of rotatable bonds is 5. The first-order chi connectivity index (χ1) is 8.79. The third-order valence-corrected chi connectivity index (χ3v) is 2.73. The number of aromatic nitrogens is 3. The quantitative estimate of drug-likeness (QED) is 0.851. The number of likely N-dealkylation sites (N-methyl/N-ethyl adjacent to an activating group) is 1. The predicted octanol–water partition coefficient (Wildman–Crippen LogP) is 1.04. The number of aliphatic hydroxyl groups excluding tert-OH is 1. The van der Waals surface area contributed by atoms with Crippen LogP contribution in [0, 0.1) is 0 Å². The molecule has 0 bridgehead atoms. The summed E-state index contributed by atoms with van der Waals surface area (Å²) in [5.74, 6) is 0.807. The first-order valence-corrected chi connectivity index (χ1v) is 5.81. The van der Waals surface area contributed by atoms with Gasteiger partial charge in [0.15, 0.2) is 0 Å². The van der Waals surface area contributed by atoms with E-state index in [-0.39, 0.29) is 6.61 Å². The van der Waals surface area contributed by atoms with E-state index in [1.807, 2.05) is 24.1 Å². The molecule has 0 amide bonds. The van der Waals surface area contributed by atoms with E-state index in [2.05, 4.69) is 15.0 Å². The average molecular weight is 244 g/mol. The van der Waals surface area contributed by atoms with Crippen LogP contribution in [-0.4, -0.2) is 33.7 Å². The topological polar surface area (TPSA) is 62.1 Å². The van der Waals surface area contributed by atoms with Gasteiger partial charge in [0.1, 0.15) is 5.82 Å². The largest absolute Gasteiger partial charge is 0.390 e. The van der Waals surface area contributed by atoms with E-state index in [0.717, 1.165) is 18.8 Å². The summed E-state index contributed by atoms with van der Waals surface area (Å²) in [6, 6.07) is 4.02. The number of anilines is 1. The number of aliphatic hydroxyl groups is 1. The molecule has 2 aromatic rings. The third kappa shape index (κ3) is 3.24. The van der Waals surface area contributed by atoms with Crippen LogP contribution >= 0.6 is 0 Å². The van der Waals surface area contributed by atoms with Crippen LogP contribution < -0.4 is 4.90 Å². The Kier molecular flexibility index (Phi) is 4.20. The highest BCUT2D eigenvalue weighted by molar-refractivity contribution is 5.34. The van der Waals surface area contributed by atoms with Crippen molar-refractivity contribution < 1.29 is 5.11 Å². The van der Waals surface area contributed by atoms with Crippen molar-refractivity contribution in [3.8, 4) is 0 Å². The Bertz CT molecular complexity index is 472. The van der Waals surface area contributed by atoms with Gasteiger partial charge in [-0.1, -0.05) is 0 Å². The fourth-order valence-corrected chi connectivity index (χ4v) is 1.59. The molecule has 0 aromatic carbocycles. The monoisotopic (exact) mass is 244 g/mol. The highest BCUT2D eigenvalue weighted by Gasteiger charge is 2.03. The second-order valence-corrected chi connectivity index (χ2v) is 4.05. The van der Waals surface area contributed by atoms with Crippen LogP contribution in [0.3, 0.4) is 0 Å². The molecule has 2 rings (SSSR count). The molecule has 0 spiro atoms. The minimum atomic E-state index is -0.0754. The van der Waals surface area contributed by atoms with Crippen molar-refractivity contribution in [2.45, 2.75) is 13.0 Å². The lowest BCUT2D eigenvalue weighted by Crippen LogP contribution is -2.21. The van der Waals surface area contributed by atoms with Crippen LogP contribution in [0.25, 0.3) is 0 Å². The lowest BCUT2D eigenvalue weighted by molar-refractivity contribution is 0.276.